The second kappa shape index (κ2) is 8.18. The van der Waals surface area contributed by atoms with E-state index in [1.165, 1.54) is 7.11 Å². The minimum Gasteiger partial charge on any atom is -0.469 e. The molecule has 1 saturated carbocycles. The number of esters is 1. The molecular formula is C15H27NO3. The fourth-order valence-electron chi connectivity index (χ4n) is 2.61. The molecule has 19 heavy (non-hydrogen) atoms. The topological polar surface area (TPSA) is 55.4 Å². The second-order valence-corrected chi connectivity index (χ2v) is 5.93. The molecule has 0 unspecified atom stereocenters. The summed E-state index contributed by atoms with van der Waals surface area (Å²) in [4.78, 5) is 23.2. The summed E-state index contributed by atoms with van der Waals surface area (Å²) in [6.07, 6.45) is 6.09. The Hall–Kier alpha value is -1.06. The smallest absolute Gasteiger partial charge is 0.308 e. The molecule has 0 aliphatic heterocycles. The van der Waals surface area contributed by atoms with Crippen molar-refractivity contribution in [3.63, 3.8) is 0 Å². The van der Waals surface area contributed by atoms with E-state index in [2.05, 4.69) is 19.2 Å². The van der Waals surface area contributed by atoms with Crippen LogP contribution in [-0.4, -0.2) is 25.0 Å². The summed E-state index contributed by atoms with van der Waals surface area (Å²) in [6.45, 7) is 4.35. The number of amides is 1. The second-order valence-electron chi connectivity index (χ2n) is 5.93. The Balaban J connectivity index is 2.18. The predicted molar refractivity (Wildman–Crippen MR) is 74.6 cm³/mol. The van der Waals surface area contributed by atoms with Gasteiger partial charge >= 0.3 is 5.97 Å². The lowest BCUT2D eigenvalue weighted by Crippen LogP contribution is -2.38. The lowest BCUT2D eigenvalue weighted by molar-refractivity contribution is -0.146. The first kappa shape index (κ1) is 16.0. The van der Waals surface area contributed by atoms with E-state index in [-0.39, 0.29) is 23.8 Å². The van der Waals surface area contributed by atoms with Gasteiger partial charge in [-0.15, -0.1) is 0 Å². The molecule has 0 radical (unpaired) electrons. The fraction of sp³-hybridized carbons (Fsp3) is 0.867. The highest BCUT2D eigenvalue weighted by Gasteiger charge is 2.27. The number of carbonyl (C=O) groups is 2. The van der Waals surface area contributed by atoms with Gasteiger partial charge in [-0.2, -0.15) is 0 Å². The van der Waals surface area contributed by atoms with Gasteiger partial charge in [-0.05, 0) is 38.0 Å². The van der Waals surface area contributed by atoms with Crippen molar-refractivity contribution in [3.8, 4) is 0 Å². The Morgan fingerprint density at radius 2 is 1.84 bits per heavy atom. The molecular weight excluding hydrogens is 242 g/mol. The van der Waals surface area contributed by atoms with Crippen molar-refractivity contribution in [2.45, 2.75) is 64.8 Å². The van der Waals surface area contributed by atoms with Crippen LogP contribution >= 0.6 is 0 Å². The molecule has 0 spiro atoms. The van der Waals surface area contributed by atoms with Crippen molar-refractivity contribution in [1.82, 2.24) is 5.32 Å². The van der Waals surface area contributed by atoms with Crippen molar-refractivity contribution >= 4 is 11.9 Å². The summed E-state index contributed by atoms with van der Waals surface area (Å²) in [5.41, 5.74) is 0. The maximum absolute atomic E-state index is 11.8. The molecule has 4 heteroatoms. The molecule has 0 atom stereocenters. The van der Waals surface area contributed by atoms with Crippen molar-refractivity contribution in [2.24, 2.45) is 11.8 Å². The van der Waals surface area contributed by atoms with Crippen LogP contribution in [0, 0.1) is 11.8 Å². The molecule has 0 aromatic carbocycles. The van der Waals surface area contributed by atoms with Crippen LogP contribution in [0.5, 0.6) is 0 Å². The first-order valence-electron chi connectivity index (χ1n) is 7.40. The maximum atomic E-state index is 11.8. The number of carbonyl (C=O) groups excluding carboxylic acids is 2. The molecule has 1 amide bonds. The first-order valence-corrected chi connectivity index (χ1v) is 7.40. The Kier molecular flexibility index (Phi) is 6.89. The van der Waals surface area contributed by atoms with Gasteiger partial charge in [0.25, 0.3) is 0 Å². The summed E-state index contributed by atoms with van der Waals surface area (Å²) in [5.74, 6) is 0.728. The van der Waals surface area contributed by atoms with E-state index in [1.807, 2.05) is 0 Å². The summed E-state index contributed by atoms with van der Waals surface area (Å²) in [6, 6.07) is 0.243. The van der Waals surface area contributed by atoms with Crippen LogP contribution in [0.2, 0.25) is 0 Å². The molecule has 0 saturated heterocycles. The molecule has 1 aliphatic carbocycles. The van der Waals surface area contributed by atoms with Crippen LogP contribution in [-0.2, 0) is 14.3 Å². The van der Waals surface area contributed by atoms with Crippen molar-refractivity contribution < 1.29 is 14.3 Å². The Bertz CT molecular complexity index is 294. The summed E-state index contributed by atoms with van der Waals surface area (Å²) >= 11 is 0. The van der Waals surface area contributed by atoms with Crippen molar-refractivity contribution in [3.05, 3.63) is 0 Å². The van der Waals surface area contributed by atoms with E-state index in [0.717, 1.165) is 38.5 Å². The van der Waals surface area contributed by atoms with Gasteiger partial charge in [0.1, 0.15) is 0 Å². The number of nitrogens with one attached hydrogen (secondary N) is 1. The zero-order valence-corrected chi connectivity index (χ0v) is 12.4. The highest BCUT2D eigenvalue weighted by Crippen LogP contribution is 2.25. The van der Waals surface area contributed by atoms with Crippen LogP contribution in [0.1, 0.15) is 58.8 Å². The van der Waals surface area contributed by atoms with Gasteiger partial charge < -0.3 is 10.1 Å². The van der Waals surface area contributed by atoms with Gasteiger partial charge in [-0.1, -0.05) is 20.3 Å². The molecule has 1 fully saturated rings. The number of hydrogen-bond acceptors (Lipinski definition) is 3. The van der Waals surface area contributed by atoms with Gasteiger partial charge in [0.15, 0.2) is 0 Å². The standard InChI is InChI=1S/C15H27NO3/c1-11(2)5-4-6-14(17)16-13-9-7-12(8-10-13)15(18)19-3/h11-13H,4-10H2,1-3H3,(H,16,17). The Morgan fingerprint density at radius 1 is 1.21 bits per heavy atom. The monoisotopic (exact) mass is 269 g/mol. The molecule has 110 valence electrons. The van der Waals surface area contributed by atoms with E-state index >= 15 is 0 Å². The number of ether oxygens (including phenoxy) is 1. The van der Waals surface area contributed by atoms with E-state index in [4.69, 9.17) is 4.74 Å². The lowest BCUT2D eigenvalue weighted by Gasteiger charge is -2.27. The lowest BCUT2D eigenvalue weighted by atomic mass is 9.86. The summed E-state index contributed by atoms with van der Waals surface area (Å²) in [7, 11) is 1.44. The van der Waals surface area contributed by atoms with Gasteiger partial charge in [0.2, 0.25) is 5.91 Å². The molecule has 1 N–H and O–H groups in total. The zero-order valence-electron chi connectivity index (χ0n) is 12.4. The minimum atomic E-state index is -0.110. The van der Waals surface area contributed by atoms with Gasteiger partial charge in [-0.25, -0.2) is 0 Å². The fourth-order valence-corrected chi connectivity index (χ4v) is 2.61. The van der Waals surface area contributed by atoms with Crippen molar-refractivity contribution in [2.75, 3.05) is 7.11 Å². The summed E-state index contributed by atoms with van der Waals surface area (Å²) in [5, 5.41) is 3.08. The molecule has 0 aromatic heterocycles. The first-order chi connectivity index (χ1) is 9.02. The van der Waals surface area contributed by atoms with Gasteiger partial charge in [0.05, 0.1) is 13.0 Å². The van der Waals surface area contributed by atoms with Crippen LogP contribution < -0.4 is 5.32 Å². The molecule has 0 heterocycles. The van der Waals surface area contributed by atoms with Crippen LogP contribution in [0.3, 0.4) is 0 Å². The normalized spacial score (nSPS) is 23.2. The van der Waals surface area contributed by atoms with Crippen LogP contribution in [0.15, 0.2) is 0 Å². The maximum Gasteiger partial charge on any atom is 0.308 e. The number of hydrogen-bond donors (Lipinski definition) is 1. The molecule has 0 aromatic rings. The predicted octanol–water partition coefficient (Wildman–Crippen LogP) is 2.66. The van der Waals surface area contributed by atoms with Gasteiger partial charge in [0, 0.05) is 12.5 Å². The average Bonchev–Trinajstić information content (AvgIpc) is 2.38. The third-order valence-corrected chi connectivity index (χ3v) is 3.81. The van der Waals surface area contributed by atoms with E-state index in [0.29, 0.717) is 12.3 Å². The molecule has 1 aliphatic rings. The number of methoxy groups -OCH3 is 1. The van der Waals surface area contributed by atoms with Crippen LogP contribution in [0.4, 0.5) is 0 Å². The molecule has 4 nitrogen and oxygen atoms in total. The minimum absolute atomic E-state index is 0.0269. The van der Waals surface area contributed by atoms with Crippen LogP contribution in [0.25, 0.3) is 0 Å². The zero-order chi connectivity index (χ0) is 14.3. The quantitative estimate of drug-likeness (QED) is 0.754. The molecule has 0 bridgehead atoms. The third kappa shape index (κ3) is 6.08. The average molecular weight is 269 g/mol. The summed E-state index contributed by atoms with van der Waals surface area (Å²) < 4.78 is 4.76. The van der Waals surface area contributed by atoms with Crippen molar-refractivity contribution in [1.29, 1.82) is 0 Å². The highest BCUT2D eigenvalue weighted by atomic mass is 16.5. The largest absolute Gasteiger partial charge is 0.469 e. The van der Waals surface area contributed by atoms with E-state index < -0.39 is 0 Å². The van der Waals surface area contributed by atoms with E-state index in [1.54, 1.807) is 0 Å². The Labute approximate surface area is 116 Å². The van der Waals surface area contributed by atoms with E-state index in [9.17, 15) is 9.59 Å². The number of rotatable bonds is 6. The highest BCUT2D eigenvalue weighted by molar-refractivity contribution is 5.76. The molecule has 1 rings (SSSR count). The SMILES string of the molecule is COC(=O)C1CCC(NC(=O)CCCC(C)C)CC1. The Morgan fingerprint density at radius 3 is 2.37 bits per heavy atom. The third-order valence-electron chi connectivity index (χ3n) is 3.81. The van der Waals surface area contributed by atoms with Gasteiger partial charge in [-0.3, -0.25) is 9.59 Å².